The van der Waals surface area contributed by atoms with Crippen molar-refractivity contribution in [2.24, 2.45) is 0 Å². The van der Waals surface area contributed by atoms with Crippen molar-refractivity contribution in [3.05, 3.63) is 30.1 Å². The summed E-state index contributed by atoms with van der Waals surface area (Å²) in [7, 11) is 3.51. The number of rotatable bonds is 3. The molecule has 136 valence electrons. The molecule has 1 saturated heterocycles. The molecule has 1 aliphatic rings. The largest absolute Gasteiger partial charge is 0.354 e. The molecular weight excluding hydrogens is 332 g/mol. The molecule has 1 unspecified atom stereocenters. The van der Waals surface area contributed by atoms with E-state index in [9.17, 15) is 4.79 Å². The Morgan fingerprint density at radius 3 is 2.96 bits per heavy atom. The first kappa shape index (κ1) is 16.5. The maximum absolute atomic E-state index is 12.5. The Labute approximate surface area is 150 Å². The van der Waals surface area contributed by atoms with Crippen molar-refractivity contribution in [1.82, 2.24) is 35.0 Å². The van der Waals surface area contributed by atoms with Crippen LogP contribution in [-0.4, -0.2) is 68.1 Å². The van der Waals surface area contributed by atoms with E-state index in [1.165, 1.54) is 0 Å². The zero-order valence-corrected chi connectivity index (χ0v) is 15.2. The summed E-state index contributed by atoms with van der Waals surface area (Å²) in [6.45, 7) is 3.80. The molecule has 1 aliphatic heterocycles. The molecular formula is C17H22N8O. The zero-order valence-electron chi connectivity index (χ0n) is 15.2. The fourth-order valence-electron chi connectivity index (χ4n) is 3.77. The molecule has 0 spiro atoms. The summed E-state index contributed by atoms with van der Waals surface area (Å²) in [5.41, 5.74) is 2.79. The fourth-order valence-corrected chi connectivity index (χ4v) is 3.77. The highest BCUT2D eigenvalue weighted by Gasteiger charge is 2.38. The van der Waals surface area contributed by atoms with Crippen molar-refractivity contribution < 1.29 is 4.79 Å². The monoisotopic (exact) mass is 354 g/mol. The van der Waals surface area contributed by atoms with Gasteiger partial charge in [-0.15, -0.1) is 0 Å². The van der Waals surface area contributed by atoms with Crippen molar-refractivity contribution in [2.45, 2.75) is 25.2 Å². The van der Waals surface area contributed by atoms with Gasteiger partial charge in [-0.05, 0) is 12.8 Å². The summed E-state index contributed by atoms with van der Waals surface area (Å²) < 4.78 is 0. The number of nitrogens with zero attached hydrogens (tertiary/aromatic N) is 6. The highest BCUT2D eigenvalue weighted by Crippen LogP contribution is 2.37. The molecule has 3 aromatic heterocycles. The molecule has 0 radical (unpaired) electrons. The van der Waals surface area contributed by atoms with Crippen LogP contribution in [0.3, 0.4) is 0 Å². The standard InChI is InChI=1S/C17H22N8O/c1-17(13-11(7-22-23-13)16(26)24(2)3)5-4-6-25(8-17)15-12-14(19-9-18-12)20-10-21-15/h7,9-10H,4-6,8H2,1-3H3,(H,22,23)(H,18,19,20,21). The zero-order chi connectivity index (χ0) is 18.3. The predicted octanol–water partition coefficient (Wildman–Crippen LogP) is 1.34. The van der Waals surface area contributed by atoms with Crippen LogP contribution < -0.4 is 4.90 Å². The van der Waals surface area contributed by atoms with Crippen LogP contribution in [0.5, 0.6) is 0 Å². The van der Waals surface area contributed by atoms with Gasteiger partial charge in [-0.2, -0.15) is 5.10 Å². The molecule has 1 amide bonds. The van der Waals surface area contributed by atoms with Gasteiger partial charge < -0.3 is 14.8 Å². The minimum atomic E-state index is -0.229. The maximum Gasteiger partial charge on any atom is 0.256 e. The van der Waals surface area contributed by atoms with E-state index in [0.29, 0.717) is 11.2 Å². The molecule has 4 rings (SSSR count). The number of piperidine rings is 1. The van der Waals surface area contributed by atoms with Crippen LogP contribution in [0.15, 0.2) is 18.9 Å². The average Bonchev–Trinajstić information content (AvgIpc) is 3.30. The second-order valence-corrected chi connectivity index (χ2v) is 7.24. The van der Waals surface area contributed by atoms with Crippen LogP contribution in [-0.2, 0) is 5.41 Å². The normalized spacial score (nSPS) is 20.5. The number of imidazole rings is 1. The van der Waals surface area contributed by atoms with Gasteiger partial charge in [-0.1, -0.05) is 6.92 Å². The van der Waals surface area contributed by atoms with Crippen LogP contribution in [0.4, 0.5) is 5.82 Å². The number of H-pyrrole nitrogens is 2. The van der Waals surface area contributed by atoms with Gasteiger partial charge in [-0.25, -0.2) is 15.0 Å². The van der Waals surface area contributed by atoms with Gasteiger partial charge in [0.15, 0.2) is 11.5 Å². The van der Waals surface area contributed by atoms with Crippen LogP contribution in [0.1, 0.15) is 35.8 Å². The smallest absolute Gasteiger partial charge is 0.256 e. The van der Waals surface area contributed by atoms with E-state index in [4.69, 9.17) is 0 Å². The van der Waals surface area contributed by atoms with E-state index in [1.54, 1.807) is 37.8 Å². The molecule has 26 heavy (non-hydrogen) atoms. The van der Waals surface area contributed by atoms with Crippen LogP contribution in [0.2, 0.25) is 0 Å². The molecule has 9 nitrogen and oxygen atoms in total. The lowest BCUT2D eigenvalue weighted by molar-refractivity contribution is 0.0824. The number of hydrogen-bond donors (Lipinski definition) is 2. The van der Waals surface area contributed by atoms with Crippen LogP contribution >= 0.6 is 0 Å². The topological polar surface area (TPSA) is 107 Å². The molecule has 0 aromatic carbocycles. The Morgan fingerprint density at radius 1 is 1.31 bits per heavy atom. The summed E-state index contributed by atoms with van der Waals surface area (Å²) in [5.74, 6) is 0.809. The van der Waals surface area contributed by atoms with E-state index in [-0.39, 0.29) is 11.3 Å². The minimum Gasteiger partial charge on any atom is -0.354 e. The Bertz CT molecular complexity index is 945. The third-order valence-corrected chi connectivity index (χ3v) is 5.08. The highest BCUT2D eigenvalue weighted by atomic mass is 16.2. The van der Waals surface area contributed by atoms with E-state index >= 15 is 0 Å². The number of hydrogen-bond acceptors (Lipinski definition) is 6. The molecule has 0 bridgehead atoms. The van der Waals surface area contributed by atoms with Gasteiger partial charge in [0.05, 0.1) is 23.8 Å². The lowest BCUT2D eigenvalue weighted by Crippen LogP contribution is -2.46. The number of fused-ring (bicyclic) bond motifs is 1. The molecule has 0 aliphatic carbocycles. The van der Waals surface area contributed by atoms with Crippen molar-refractivity contribution in [3.63, 3.8) is 0 Å². The van der Waals surface area contributed by atoms with Gasteiger partial charge in [-0.3, -0.25) is 9.89 Å². The number of aromatic amines is 2. The second-order valence-electron chi connectivity index (χ2n) is 7.24. The van der Waals surface area contributed by atoms with E-state index in [2.05, 4.69) is 42.0 Å². The van der Waals surface area contributed by atoms with E-state index < -0.39 is 0 Å². The molecule has 1 fully saturated rings. The first-order valence-electron chi connectivity index (χ1n) is 8.64. The summed E-state index contributed by atoms with van der Waals surface area (Å²) >= 11 is 0. The maximum atomic E-state index is 12.5. The van der Waals surface area contributed by atoms with Crippen LogP contribution in [0, 0.1) is 0 Å². The summed E-state index contributed by atoms with van der Waals surface area (Å²) in [5, 5.41) is 7.23. The average molecular weight is 354 g/mol. The van der Waals surface area contributed by atoms with Crippen LogP contribution in [0.25, 0.3) is 11.2 Å². The lowest BCUT2D eigenvalue weighted by Gasteiger charge is -2.41. The first-order valence-corrected chi connectivity index (χ1v) is 8.64. The minimum absolute atomic E-state index is 0.0370. The first-order chi connectivity index (χ1) is 12.5. The summed E-state index contributed by atoms with van der Waals surface area (Å²) in [6.07, 6.45) is 6.76. The van der Waals surface area contributed by atoms with Gasteiger partial charge in [0.25, 0.3) is 5.91 Å². The van der Waals surface area contributed by atoms with Crippen molar-refractivity contribution in [3.8, 4) is 0 Å². The molecule has 1 atom stereocenters. The second kappa shape index (κ2) is 6.08. The Morgan fingerprint density at radius 2 is 2.15 bits per heavy atom. The molecule has 9 heteroatoms. The summed E-state index contributed by atoms with van der Waals surface area (Å²) in [4.78, 5) is 32.4. The van der Waals surface area contributed by atoms with E-state index in [1.807, 2.05) is 0 Å². The van der Waals surface area contributed by atoms with Gasteiger partial charge in [0.2, 0.25) is 0 Å². The Balaban J connectivity index is 1.70. The number of amides is 1. The Hall–Kier alpha value is -2.97. The SMILES string of the molecule is CN(C)C(=O)c1cn[nH]c1C1(C)CCCN(c2ncnc3nc[nH]c23)C1. The van der Waals surface area contributed by atoms with Gasteiger partial charge >= 0.3 is 0 Å². The Kier molecular flexibility index (Phi) is 3.86. The van der Waals surface area contributed by atoms with Crippen molar-refractivity contribution in [2.75, 3.05) is 32.1 Å². The molecule has 4 heterocycles. The number of carbonyl (C=O) groups excluding carboxylic acids is 1. The van der Waals surface area contributed by atoms with Gasteiger partial charge in [0, 0.05) is 32.6 Å². The number of aromatic nitrogens is 6. The van der Waals surface area contributed by atoms with Crippen molar-refractivity contribution >= 4 is 22.9 Å². The molecule has 2 N–H and O–H groups in total. The van der Waals surface area contributed by atoms with Gasteiger partial charge in [0.1, 0.15) is 11.8 Å². The summed E-state index contributed by atoms with van der Waals surface area (Å²) in [6, 6.07) is 0. The lowest BCUT2D eigenvalue weighted by atomic mass is 9.77. The fraction of sp³-hybridized carbons (Fsp3) is 0.471. The number of carbonyl (C=O) groups is 1. The molecule has 0 saturated carbocycles. The predicted molar refractivity (Wildman–Crippen MR) is 97.1 cm³/mol. The highest BCUT2D eigenvalue weighted by molar-refractivity contribution is 5.95. The molecule has 3 aromatic rings. The number of nitrogens with one attached hydrogen (secondary N) is 2. The van der Waals surface area contributed by atoms with Crippen molar-refractivity contribution in [1.29, 1.82) is 0 Å². The van der Waals surface area contributed by atoms with E-state index in [0.717, 1.165) is 43.0 Å². The third kappa shape index (κ3) is 2.59. The quantitative estimate of drug-likeness (QED) is 0.735. The number of anilines is 1. The third-order valence-electron chi connectivity index (χ3n) is 5.08.